The van der Waals surface area contributed by atoms with Gasteiger partial charge in [0.25, 0.3) is 0 Å². The van der Waals surface area contributed by atoms with Crippen LogP contribution in [-0.4, -0.2) is 23.6 Å². The summed E-state index contributed by atoms with van der Waals surface area (Å²) < 4.78 is 5.33. The molecule has 1 aromatic carbocycles. The van der Waals surface area contributed by atoms with Crippen molar-refractivity contribution in [2.24, 2.45) is 5.92 Å². The highest BCUT2D eigenvalue weighted by Gasteiger charge is 2.33. The Balaban J connectivity index is 1.98. The van der Waals surface area contributed by atoms with E-state index < -0.39 is 0 Å². The van der Waals surface area contributed by atoms with Gasteiger partial charge >= 0.3 is 6.09 Å². The maximum Gasteiger partial charge on any atom is 0.410 e. The Kier molecular flexibility index (Phi) is 4.30. The molecule has 1 saturated carbocycles. The van der Waals surface area contributed by atoms with Gasteiger partial charge in [0.1, 0.15) is 0 Å². The summed E-state index contributed by atoms with van der Waals surface area (Å²) in [4.78, 5) is 13.9. The Morgan fingerprint density at radius 3 is 2.79 bits per heavy atom. The van der Waals surface area contributed by atoms with E-state index in [0.29, 0.717) is 25.1 Å². The number of nitrogen functional groups attached to an aromatic ring is 1. The normalized spacial score (nSPS) is 14.5. The third kappa shape index (κ3) is 4.16. The number of rotatable bonds is 5. The van der Waals surface area contributed by atoms with Crippen LogP contribution in [0.1, 0.15) is 32.3 Å². The molecule has 2 rings (SSSR count). The first-order valence-corrected chi connectivity index (χ1v) is 6.84. The number of benzene rings is 1. The van der Waals surface area contributed by atoms with Gasteiger partial charge in [-0.1, -0.05) is 26.0 Å². The molecular weight excluding hydrogens is 240 g/mol. The summed E-state index contributed by atoms with van der Waals surface area (Å²) in [5.41, 5.74) is 7.54. The molecule has 2 N–H and O–H groups in total. The van der Waals surface area contributed by atoms with Crippen molar-refractivity contribution in [2.75, 3.05) is 12.3 Å². The Bertz CT molecular complexity index is 442. The number of ether oxygens (including phenoxy) is 1. The van der Waals surface area contributed by atoms with Gasteiger partial charge in [0.05, 0.1) is 6.61 Å². The van der Waals surface area contributed by atoms with E-state index in [2.05, 4.69) is 0 Å². The number of hydrogen-bond acceptors (Lipinski definition) is 3. The van der Waals surface area contributed by atoms with Crippen molar-refractivity contribution in [2.45, 2.75) is 39.3 Å². The highest BCUT2D eigenvalue weighted by molar-refractivity contribution is 5.68. The Morgan fingerprint density at radius 2 is 2.21 bits per heavy atom. The smallest absolute Gasteiger partial charge is 0.410 e. The summed E-state index contributed by atoms with van der Waals surface area (Å²) in [6.07, 6.45) is 1.93. The van der Waals surface area contributed by atoms with Gasteiger partial charge in [-0.25, -0.2) is 4.79 Å². The van der Waals surface area contributed by atoms with E-state index >= 15 is 0 Å². The standard InChI is InChI=1S/C15H22N2O2/c1-11(2)10-19-15(18)17(14-6-7-14)9-12-4-3-5-13(16)8-12/h3-5,8,11,14H,6-7,9-10,16H2,1-2H3. The zero-order chi connectivity index (χ0) is 13.8. The van der Waals surface area contributed by atoms with Crippen LogP contribution in [0.15, 0.2) is 24.3 Å². The van der Waals surface area contributed by atoms with Crippen molar-refractivity contribution in [1.82, 2.24) is 4.90 Å². The van der Waals surface area contributed by atoms with Crippen LogP contribution in [0.2, 0.25) is 0 Å². The van der Waals surface area contributed by atoms with E-state index in [-0.39, 0.29) is 6.09 Å². The van der Waals surface area contributed by atoms with E-state index in [1.54, 1.807) is 0 Å². The maximum atomic E-state index is 12.1. The monoisotopic (exact) mass is 262 g/mol. The van der Waals surface area contributed by atoms with Crippen molar-refractivity contribution in [3.05, 3.63) is 29.8 Å². The summed E-state index contributed by atoms with van der Waals surface area (Å²) in [5, 5.41) is 0. The van der Waals surface area contributed by atoms with E-state index in [4.69, 9.17) is 10.5 Å². The number of hydrogen-bond donors (Lipinski definition) is 1. The van der Waals surface area contributed by atoms with Crippen molar-refractivity contribution in [3.63, 3.8) is 0 Å². The lowest BCUT2D eigenvalue weighted by atomic mass is 10.2. The molecule has 1 amide bonds. The molecule has 4 heteroatoms. The molecule has 0 radical (unpaired) electrons. The van der Waals surface area contributed by atoms with Crippen LogP contribution < -0.4 is 5.73 Å². The van der Waals surface area contributed by atoms with Gasteiger partial charge in [0.15, 0.2) is 0 Å². The quantitative estimate of drug-likeness (QED) is 0.830. The zero-order valence-corrected chi connectivity index (χ0v) is 11.6. The third-order valence-electron chi connectivity index (χ3n) is 3.07. The average molecular weight is 262 g/mol. The second-order valence-electron chi connectivity index (χ2n) is 5.57. The lowest BCUT2D eigenvalue weighted by molar-refractivity contribution is 0.0870. The first-order valence-electron chi connectivity index (χ1n) is 6.84. The minimum atomic E-state index is -0.210. The number of carbonyl (C=O) groups excluding carboxylic acids is 1. The van der Waals surface area contributed by atoms with Gasteiger partial charge in [0.2, 0.25) is 0 Å². The van der Waals surface area contributed by atoms with E-state index in [1.165, 1.54) is 0 Å². The largest absolute Gasteiger partial charge is 0.449 e. The molecule has 19 heavy (non-hydrogen) atoms. The molecule has 0 bridgehead atoms. The van der Waals surface area contributed by atoms with Gasteiger partial charge < -0.3 is 15.4 Å². The van der Waals surface area contributed by atoms with Crippen LogP contribution in [0, 0.1) is 5.92 Å². The average Bonchev–Trinajstić information content (AvgIpc) is 3.17. The second kappa shape index (κ2) is 5.95. The molecule has 0 saturated heterocycles. The molecule has 1 fully saturated rings. The highest BCUT2D eigenvalue weighted by Crippen LogP contribution is 2.29. The molecule has 1 aliphatic rings. The fourth-order valence-corrected chi connectivity index (χ4v) is 1.94. The lowest BCUT2D eigenvalue weighted by Crippen LogP contribution is -2.33. The van der Waals surface area contributed by atoms with Crippen LogP contribution in [0.5, 0.6) is 0 Å². The summed E-state index contributed by atoms with van der Waals surface area (Å²) in [7, 11) is 0. The van der Waals surface area contributed by atoms with Gasteiger partial charge in [-0.15, -0.1) is 0 Å². The summed E-state index contributed by atoms with van der Waals surface area (Å²) in [5.74, 6) is 0.359. The van der Waals surface area contributed by atoms with Gasteiger partial charge in [-0.3, -0.25) is 0 Å². The molecule has 1 aromatic rings. The predicted octanol–water partition coefficient (Wildman–Crippen LogP) is 3.03. The van der Waals surface area contributed by atoms with Crippen molar-refractivity contribution in [1.29, 1.82) is 0 Å². The summed E-state index contributed by atoms with van der Waals surface area (Å²) in [6.45, 7) is 5.12. The van der Waals surface area contributed by atoms with Crippen LogP contribution in [0.4, 0.5) is 10.5 Å². The van der Waals surface area contributed by atoms with Crippen LogP contribution in [-0.2, 0) is 11.3 Å². The SMILES string of the molecule is CC(C)COC(=O)N(Cc1cccc(N)c1)C1CC1. The van der Waals surface area contributed by atoms with E-state index in [0.717, 1.165) is 24.1 Å². The zero-order valence-electron chi connectivity index (χ0n) is 11.6. The highest BCUT2D eigenvalue weighted by atomic mass is 16.6. The molecule has 0 unspecified atom stereocenters. The fraction of sp³-hybridized carbons (Fsp3) is 0.533. The molecule has 0 aromatic heterocycles. The van der Waals surface area contributed by atoms with Crippen molar-refractivity contribution < 1.29 is 9.53 Å². The predicted molar refractivity (Wildman–Crippen MR) is 75.6 cm³/mol. The Morgan fingerprint density at radius 1 is 1.47 bits per heavy atom. The first-order chi connectivity index (χ1) is 9.06. The molecule has 0 spiro atoms. The minimum absolute atomic E-state index is 0.210. The summed E-state index contributed by atoms with van der Waals surface area (Å²) >= 11 is 0. The van der Waals surface area contributed by atoms with Gasteiger partial charge in [-0.05, 0) is 36.5 Å². The molecule has 1 aliphatic carbocycles. The molecular formula is C15H22N2O2. The maximum absolute atomic E-state index is 12.1. The molecule has 0 atom stereocenters. The minimum Gasteiger partial charge on any atom is -0.449 e. The first kappa shape index (κ1) is 13.7. The Hall–Kier alpha value is -1.71. The fourth-order valence-electron chi connectivity index (χ4n) is 1.94. The Labute approximate surface area is 114 Å². The van der Waals surface area contributed by atoms with Crippen molar-refractivity contribution >= 4 is 11.8 Å². The molecule has 104 valence electrons. The number of carbonyl (C=O) groups is 1. The molecule has 0 heterocycles. The van der Waals surface area contributed by atoms with Gasteiger partial charge in [-0.2, -0.15) is 0 Å². The number of nitrogens with zero attached hydrogens (tertiary/aromatic N) is 1. The van der Waals surface area contributed by atoms with Crippen LogP contribution in [0.25, 0.3) is 0 Å². The van der Waals surface area contributed by atoms with E-state index in [1.807, 2.05) is 43.0 Å². The number of anilines is 1. The topological polar surface area (TPSA) is 55.6 Å². The van der Waals surface area contributed by atoms with E-state index in [9.17, 15) is 4.79 Å². The number of nitrogens with two attached hydrogens (primary N) is 1. The number of amides is 1. The second-order valence-corrected chi connectivity index (χ2v) is 5.57. The van der Waals surface area contributed by atoms with Crippen LogP contribution >= 0.6 is 0 Å². The third-order valence-corrected chi connectivity index (χ3v) is 3.07. The lowest BCUT2D eigenvalue weighted by Gasteiger charge is -2.22. The van der Waals surface area contributed by atoms with Gasteiger partial charge in [0, 0.05) is 18.3 Å². The van der Waals surface area contributed by atoms with Crippen LogP contribution in [0.3, 0.4) is 0 Å². The summed E-state index contributed by atoms with van der Waals surface area (Å²) in [6, 6.07) is 7.99. The molecule has 4 nitrogen and oxygen atoms in total. The van der Waals surface area contributed by atoms with Crippen molar-refractivity contribution in [3.8, 4) is 0 Å². The molecule has 0 aliphatic heterocycles.